The summed E-state index contributed by atoms with van der Waals surface area (Å²) in [5, 5.41) is 10.1. The van der Waals surface area contributed by atoms with Crippen LogP contribution in [-0.2, 0) is 0 Å². The summed E-state index contributed by atoms with van der Waals surface area (Å²) in [6, 6.07) is 16.4. The Hall–Kier alpha value is -3.60. The fourth-order valence-electron chi connectivity index (χ4n) is 2.68. The maximum atomic E-state index is 11.5. The molecular weight excluding hydrogens is 314 g/mol. The maximum absolute atomic E-state index is 11.5. The van der Waals surface area contributed by atoms with Crippen molar-refractivity contribution in [2.24, 2.45) is 0 Å². The van der Waals surface area contributed by atoms with E-state index < -0.39 is 5.97 Å². The smallest absolute Gasteiger partial charge is 0.336 e. The van der Waals surface area contributed by atoms with Crippen LogP contribution in [0.25, 0.3) is 34.1 Å². The Morgan fingerprint density at radius 2 is 1.48 bits per heavy atom. The average molecular weight is 327 g/mol. The van der Waals surface area contributed by atoms with Crippen LogP contribution in [0.4, 0.5) is 0 Å². The van der Waals surface area contributed by atoms with Gasteiger partial charge >= 0.3 is 5.97 Å². The molecule has 0 amide bonds. The van der Waals surface area contributed by atoms with Gasteiger partial charge in [-0.2, -0.15) is 0 Å². The zero-order valence-electron chi connectivity index (χ0n) is 13.1. The van der Waals surface area contributed by atoms with Crippen molar-refractivity contribution in [1.29, 1.82) is 0 Å². The molecule has 25 heavy (non-hydrogen) atoms. The molecule has 0 radical (unpaired) electrons. The summed E-state index contributed by atoms with van der Waals surface area (Å²) in [6.07, 6.45) is 5.21. The van der Waals surface area contributed by atoms with Crippen LogP contribution in [0.5, 0.6) is 0 Å². The zero-order chi connectivity index (χ0) is 17.2. The minimum atomic E-state index is -0.973. The number of aromatic carboxylic acids is 1. The molecule has 0 unspecified atom stereocenters. The minimum Gasteiger partial charge on any atom is -0.478 e. The van der Waals surface area contributed by atoms with E-state index >= 15 is 0 Å². The van der Waals surface area contributed by atoms with Gasteiger partial charge in [0.25, 0.3) is 0 Å². The molecule has 2 aromatic carbocycles. The Morgan fingerprint density at radius 3 is 2.28 bits per heavy atom. The molecule has 0 spiro atoms. The van der Waals surface area contributed by atoms with Gasteiger partial charge in [0.1, 0.15) is 0 Å². The average Bonchev–Trinajstić information content (AvgIpc) is 2.65. The standard InChI is InChI=1S/C20H13N3O2/c24-20(25)16-11-13(22-17-6-2-1-5-15(16)17)9-10-14-12-21-18-7-3-4-8-19(18)23-14/h1-12H,(H,24,25)/b10-9+. The minimum absolute atomic E-state index is 0.231. The third kappa shape index (κ3) is 2.95. The Balaban J connectivity index is 1.76. The molecule has 5 heteroatoms. The largest absolute Gasteiger partial charge is 0.478 e. The molecule has 0 atom stereocenters. The summed E-state index contributed by atoms with van der Waals surface area (Å²) in [4.78, 5) is 24.9. The molecule has 0 aliphatic carbocycles. The lowest BCUT2D eigenvalue weighted by atomic mass is 10.1. The van der Waals surface area contributed by atoms with Gasteiger partial charge in [-0.15, -0.1) is 0 Å². The summed E-state index contributed by atoms with van der Waals surface area (Å²) in [6.45, 7) is 0. The van der Waals surface area contributed by atoms with Gasteiger partial charge < -0.3 is 5.11 Å². The zero-order valence-corrected chi connectivity index (χ0v) is 13.1. The normalized spacial score (nSPS) is 11.4. The van der Waals surface area contributed by atoms with Crippen LogP contribution in [0.3, 0.4) is 0 Å². The Morgan fingerprint density at radius 1 is 0.840 bits per heavy atom. The number of pyridine rings is 1. The van der Waals surface area contributed by atoms with Gasteiger partial charge in [-0.25, -0.2) is 14.8 Å². The monoisotopic (exact) mass is 327 g/mol. The number of hydrogen-bond donors (Lipinski definition) is 1. The first-order valence-corrected chi connectivity index (χ1v) is 7.74. The summed E-state index contributed by atoms with van der Waals surface area (Å²) in [5.74, 6) is -0.973. The van der Waals surface area contributed by atoms with E-state index in [2.05, 4.69) is 15.0 Å². The molecular formula is C20H13N3O2. The van der Waals surface area contributed by atoms with Crippen LogP contribution >= 0.6 is 0 Å². The lowest BCUT2D eigenvalue weighted by Crippen LogP contribution is -2.00. The van der Waals surface area contributed by atoms with Crippen LogP contribution in [-0.4, -0.2) is 26.0 Å². The lowest BCUT2D eigenvalue weighted by Gasteiger charge is -2.04. The number of rotatable bonds is 3. The van der Waals surface area contributed by atoms with Crippen LogP contribution < -0.4 is 0 Å². The number of nitrogens with zero attached hydrogens (tertiary/aromatic N) is 3. The van der Waals surface area contributed by atoms with E-state index in [1.807, 2.05) is 30.3 Å². The van der Waals surface area contributed by atoms with E-state index in [1.165, 1.54) is 0 Å². The van der Waals surface area contributed by atoms with Gasteiger partial charge in [0.2, 0.25) is 0 Å². The number of carbonyl (C=O) groups is 1. The van der Waals surface area contributed by atoms with E-state index in [1.54, 1.807) is 42.6 Å². The first kappa shape index (κ1) is 15.0. The van der Waals surface area contributed by atoms with Gasteiger partial charge in [-0.1, -0.05) is 30.3 Å². The maximum Gasteiger partial charge on any atom is 0.336 e. The van der Waals surface area contributed by atoms with E-state index in [9.17, 15) is 9.90 Å². The molecule has 0 aliphatic rings. The number of hydrogen-bond acceptors (Lipinski definition) is 4. The van der Waals surface area contributed by atoms with Crippen molar-refractivity contribution < 1.29 is 9.90 Å². The number of fused-ring (bicyclic) bond motifs is 2. The SMILES string of the molecule is O=C(O)c1cc(/C=C/c2cnc3ccccc3n2)nc2ccccc12. The summed E-state index contributed by atoms with van der Waals surface area (Å²) >= 11 is 0. The predicted molar refractivity (Wildman–Crippen MR) is 97.2 cm³/mol. The van der Waals surface area contributed by atoms with Crippen molar-refractivity contribution in [3.05, 3.63) is 77.7 Å². The highest BCUT2D eigenvalue weighted by molar-refractivity contribution is 6.03. The second kappa shape index (κ2) is 6.13. The third-order valence-electron chi connectivity index (χ3n) is 3.86. The highest BCUT2D eigenvalue weighted by atomic mass is 16.4. The van der Waals surface area contributed by atoms with Crippen LogP contribution in [0, 0.1) is 0 Å². The van der Waals surface area contributed by atoms with Crippen molar-refractivity contribution in [2.45, 2.75) is 0 Å². The fourth-order valence-corrected chi connectivity index (χ4v) is 2.68. The molecule has 0 bridgehead atoms. The van der Waals surface area contributed by atoms with Crippen molar-refractivity contribution in [3.63, 3.8) is 0 Å². The molecule has 0 aliphatic heterocycles. The van der Waals surface area contributed by atoms with Gasteiger partial charge in [-0.05, 0) is 36.4 Å². The first-order chi connectivity index (χ1) is 12.2. The molecule has 0 fully saturated rings. The molecule has 120 valence electrons. The molecule has 0 saturated carbocycles. The third-order valence-corrected chi connectivity index (χ3v) is 3.86. The van der Waals surface area contributed by atoms with Crippen LogP contribution in [0.1, 0.15) is 21.7 Å². The van der Waals surface area contributed by atoms with Crippen LogP contribution in [0.15, 0.2) is 60.8 Å². The second-order valence-corrected chi connectivity index (χ2v) is 5.53. The molecule has 4 aromatic rings. The molecule has 2 aromatic heterocycles. The topological polar surface area (TPSA) is 76.0 Å². The quantitative estimate of drug-likeness (QED) is 0.614. The molecule has 1 N–H and O–H groups in total. The van der Waals surface area contributed by atoms with Crippen LogP contribution in [0.2, 0.25) is 0 Å². The molecule has 2 heterocycles. The summed E-state index contributed by atoms with van der Waals surface area (Å²) in [7, 11) is 0. The Kier molecular flexibility index (Phi) is 3.67. The van der Waals surface area contributed by atoms with Crippen molar-refractivity contribution >= 4 is 40.1 Å². The highest BCUT2D eigenvalue weighted by Crippen LogP contribution is 2.19. The first-order valence-electron chi connectivity index (χ1n) is 7.74. The number of para-hydroxylation sites is 3. The van der Waals surface area contributed by atoms with E-state index in [-0.39, 0.29) is 5.56 Å². The fraction of sp³-hybridized carbons (Fsp3) is 0. The Labute approximate surface area is 143 Å². The number of benzene rings is 2. The predicted octanol–water partition coefficient (Wildman–Crippen LogP) is 4.05. The van der Waals surface area contributed by atoms with Gasteiger partial charge in [0.05, 0.1) is 39.7 Å². The molecule has 5 nitrogen and oxygen atoms in total. The molecule has 0 saturated heterocycles. The second-order valence-electron chi connectivity index (χ2n) is 5.53. The van der Waals surface area contributed by atoms with Crippen molar-refractivity contribution in [1.82, 2.24) is 15.0 Å². The van der Waals surface area contributed by atoms with Crippen molar-refractivity contribution in [2.75, 3.05) is 0 Å². The number of aromatic nitrogens is 3. The van der Waals surface area contributed by atoms with Crippen molar-refractivity contribution in [3.8, 4) is 0 Å². The van der Waals surface area contributed by atoms with Gasteiger partial charge in [0.15, 0.2) is 0 Å². The number of carboxylic acid groups (broad SMARTS) is 1. The summed E-state index contributed by atoms with van der Waals surface area (Å²) < 4.78 is 0. The van der Waals surface area contributed by atoms with E-state index in [0.717, 1.165) is 11.0 Å². The lowest BCUT2D eigenvalue weighted by molar-refractivity contribution is 0.0699. The Bertz CT molecular complexity index is 1140. The van der Waals surface area contributed by atoms with Gasteiger partial charge in [-0.3, -0.25) is 4.98 Å². The van der Waals surface area contributed by atoms with E-state index in [4.69, 9.17) is 0 Å². The van der Waals surface area contributed by atoms with E-state index in [0.29, 0.717) is 22.3 Å². The molecule has 4 rings (SSSR count). The van der Waals surface area contributed by atoms with Gasteiger partial charge in [0, 0.05) is 5.39 Å². The highest BCUT2D eigenvalue weighted by Gasteiger charge is 2.10. The number of carboxylic acids is 1. The summed E-state index contributed by atoms with van der Waals surface area (Å²) in [5.41, 5.74) is 3.76.